The molecule has 4 nitrogen and oxygen atoms in total. The normalized spacial score (nSPS) is 20.7. The smallest absolute Gasteiger partial charge is 0.251 e. The first kappa shape index (κ1) is 16.1. The molecule has 1 atom stereocenters. The van der Waals surface area contributed by atoms with Crippen molar-refractivity contribution in [3.05, 3.63) is 35.9 Å². The van der Waals surface area contributed by atoms with Gasteiger partial charge in [0.15, 0.2) is 0 Å². The van der Waals surface area contributed by atoms with Crippen molar-refractivity contribution in [2.45, 2.75) is 38.1 Å². The van der Waals surface area contributed by atoms with E-state index in [1.807, 2.05) is 35.2 Å². The van der Waals surface area contributed by atoms with Crippen molar-refractivity contribution in [1.29, 1.82) is 0 Å². The third kappa shape index (κ3) is 3.75. The molecule has 124 valence electrons. The molecule has 1 aliphatic carbocycles. The van der Waals surface area contributed by atoms with Crippen LogP contribution in [0.4, 0.5) is 5.69 Å². The van der Waals surface area contributed by atoms with E-state index in [1.165, 1.54) is 18.4 Å². The van der Waals surface area contributed by atoms with E-state index in [-0.39, 0.29) is 11.9 Å². The Morgan fingerprint density at radius 1 is 1.22 bits per heavy atom. The van der Waals surface area contributed by atoms with Gasteiger partial charge in [0.25, 0.3) is 5.91 Å². The van der Waals surface area contributed by atoms with Gasteiger partial charge in [0.05, 0.1) is 12.6 Å². The van der Waals surface area contributed by atoms with Crippen LogP contribution in [0.5, 0.6) is 5.75 Å². The van der Waals surface area contributed by atoms with Crippen LogP contribution in [-0.2, 0) is 4.79 Å². The molecular formula is C19H26N2O2. The summed E-state index contributed by atoms with van der Waals surface area (Å²) in [5, 5.41) is 0. The summed E-state index contributed by atoms with van der Waals surface area (Å²) in [6.45, 7) is 1.74. The highest BCUT2D eigenvalue weighted by Crippen LogP contribution is 2.36. The van der Waals surface area contributed by atoms with Gasteiger partial charge in [-0.1, -0.05) is 6.42 Å². The lowest BCUT2D eigenvalue weighted by Gasteiger charge is -2.30. The second-order valence-electron chi connectivity index (χ2n) is 6.69. The SMILES string of the molecule is CN(C)CCCOc1ccc(N2C(=O)C=C3CCCCC32)cc1. The van der Waals surface area contributed by atoms with Gasteiger partial charge in [0.2, 0.25) is 0 Å². The first-order chi connectivity index (χ1) is 11.1. The highest BCUT2D eigenvalue weighted by atomic mass is 16.5. The molecule has 23 heavy (non-hydrogen) atoms. The molecule has 1 aromatic carbocycles. The summed E-state index contributed by atoms with van der Waals surface area (Å²) in [5.41, 5.74) is 2.29. The lowest BCUT2D eigenvalue weighted by atomic mass is 9.91. The lowest BCUT2D eigenvalue weighted by molar-refractivity contribution is -0.113. The summed E-state index contributed by atoms with van der Waals surface area (Å²) in [4.78, 5) is 16.4. The van der Waals surface area contributed by atoms with E-state index in [0.717, 1.165) is 37.2 Å². The highest BCUT2D eigenvalue weighted by Gasteiger charge is 2.34. The number of hydrogen-bond donors (Lipinski definition) is 0. The van der Waals surface area contributed by atoms with Crippen molar-refractivity contribution in [2.24, 2.45) is 0 Å². The molecule has 0 spiro atoms. The monoisotopic (exact) mass is 314 g/mol. The minimum absolute atomic E-state index is 0.131. The summed E-state index contributed by atoms with van der Waals surface area (Å²) in [7, 11) is 4.13. The van der Waals surface area contributed by atoms with Crippen molar-refractivity contribution in [3.8, 4) is 5.75 Å². The predicted octanol–water partition coefficient (Wildman–Crippen LogP) is 3.23. The molecule has 0 radical (unpaired) electrons. The van der Waals surface area contributed by atoms with Crippen molar-refractivity contribution in [2.75, 3.05) is 32.1 Å². The number of anilines is 1. The zero-order valence-electron chi connectivity index (χ0n) is 14.1. The first-order valence-electron chi connectivity index (χ1n) is 8.56. The average molecular weight is 314 g/mol. The standard InChI is InChI=1S/C19H26N2O2/c1-20(2)12-5-13-23-17-10-8-16(9-11-17)21-18-7-4-3-6-15(18)14-19(21)22/h8-11,14,18H,3-7,12-13H2,1-2H3. The molecule has 1 amide bonds. The molecule has 1 saturated carbocycles. The van der Waals surface area contributed by atoms with Crippen LogP contribution in [0.1, 0.15) is 32.1 Å². The molecule has 0 N–H and O–H groups in total. The third-order valence-electron chi connectivity index (χ3n) is 4.61. The zero-order valence-corrected chi connectivity index (χ0v) is 14.1. The Morgan fingerprint density at radius 3 is 2.74 bits per heavy atom. The number of amides is 1. The van der Waals surface area contributed by atoms with Crippen molar-refractivity contribution < 1.29 is 9.53 Å². The minimum Gasteiger partial charge on any atom is -0.494 e. The Morgan fingerprint density at radius 2 is 2.00 bits per heavy atom. The molecule has 1 aromatic rings. The number of benzene rings is 1. The molecule has 1 unspecified atom stereocenters. The van der Waals surface area contributed by atoms with Gasteiger partial charge in [0, 0.05) is 18.3 Å². The maximum atomic E-state index is 12.3. The van der Waals surface area contributed by atoms with Gasteiger partial charge in [-0.15, -0.1) is 0 Å². The van der Waals surface area contributed by atoms with Crippen LogP contribution in [0, 0.1) is 0 Å². The first-order valence-corrected chi connectivity index (χ1v) is 8.56. The second kappa shape index (κ2) is 7.18. The maximum Gasteiger partial charge on any atom is 0.251 e. The van der Waals surface area contributed by atoms with Crippen LogP contribution in [0.2, 0.25) is 0 Å². The number of carbonyl (C=O) groups excluding carboxylic acids is 1. The van der Waals surface area contributed by atoms with Gasteiger partial charge in [-0.3, -0.25) is 4.79 Å². The fraction of sp³-hybridized carbons (Fsp3) is 0.526. The molecule has 1 fully saturated rings. The van der Waals surface area contributed by atoms with Crippen LogP contribution in [0.25, 0.3) is 0 Å². The van der Waals surface area contributed by atoms with Gasteiger partial charge >= 0.3 is 0 Å². The van der Waals surface area contributed by atoms with Gasteiger partial charge in [0.1, 0.15) is 5.75 Å². The van der Waals surface area contributed by atoms with Crippen LogP contribution in [0.3, 0.4) is 0 Å². The Kier molecular flexibility index (Phi) is 5.01. The lowest BCUT2D eigenvalue weighted by Crippen LogP contribution is -2.36. The number of hydrogen-bond acceptors (Lipinski definition) is 3. The van der Waals surface area contributed by atoms with E-state index in [0.29, 0.717) is 6.61 Å². The van der Waals surface area contributed by atoms with Gasteiger partial charge in [-0.25, -0.2) is 0 Å². The fourth-order valence-corrected chi connectivity index (χ4v) is 3.44. The number of carbonyl (C=O) groups is 1. The molecule has 0 saturated heterocycles. The van der Waals surface area contributed by atoms with Gasteiger partial charge < -0.3 is 14.5 Å². The largest absolute Gasteiger partial charge is 0.494 e. The molecular weight excluding hydrogens is 288 g/mol. The van der Waals surface area contributed by atoms with E-state index in [9.17, 15) is 4.79 Å². The Balaban J connectivity index is 1.60. The molecule has 3 rings (SSSR count). The Bertz CT molecular complexity index is 578. The summed E-state index contributed by atoms with van der Waals surface area (Å²) in [6, 6.07) is 8.23. The van der Waals surface area contributed by atoms with Crippen molar-refractivity contribution >= 4 is 11.6 Å². The molecule has 1 aliphatic heterocycles. The minimum atomic E-state index is 0.131. The molecule has 2 aliphatic rings. The van der Waals surface area contributed by atoms with Crippen molar-refractivity contribution in [3.63, 3.8) is 0 Å². The Labute approximate surface area is 138 Å². The second-order valence-corrected chi connectivity index (χ2v) is 6.69. The van der Waals surface area contributed by atoms with Crippen LogP contribution in [0.15, 0.2) is 35.9 Å². The zero-order chi connectivity index (χ0) is 16.2. The molecule has 0 aromatic heterocycles. The summed E-state index contributed by atoms with van der Waals surface area (Å²) in [5.74, 6) is 1.00. The predicted molar refractivity (Wildman–Crippen MR) is 92.9 cm³/mol. The van der Waals surface area contributed by atoms with Crippen LogP contribution < -0.4 is 9.64 Å². The Hall–Kier alpha value is -1.81. The van der Waals surface area contributed by atoms with E-state index in [4.69, 9.17) is 4.74 Å². The molecule has 4 heteroatoms. The topological polar surface area (TPSA) is 32.8 Å². The number of fused-ring (bicyclic) bond motifs is 1. The quantitative estimate of drug-likeness (QED) is 0.756. The number of rotatable bonds is 6. The average Bonchev–Trinajstić information content (AvgIpc) is 2.88. The van der Waals surface area contributed by atoms with E-state index >= 15 is 0 Å². The van der Waals surface area contributed by atoms with E-state index < -0.39 is 0 Å². The summed E-state index contributed by atoms with van der Waals surface area (Å²) >= 11 is 0. The number of ether oxygens (including phenoxy) is 1. The van der Waals surface area contributed by atoms with Crippen molar-refractivity contribution in [1.82, 2.24) is 4.90 Å². The highest BCUT2D eigenvalue weighted by molar-refractivity contribution is 6.06. The molecule has 1 heterocycles. The van der Waals surface area contributed by atoms with Gasteiger partial charge in [-0.2, -0.15) is 0 Å². The van der Waals surface area contributed by atoms with Crippen LogP contribution >= 0.6 is 0 Å². The summed E-state index contributed by atoms with van der Waals surface area (Å²) in [6.07, 6.45) is 7.42. The summed E-state index contributed by atoms with van der Waals surface area (Å²) < 4.78 is 5.76. The van der Waals surface area contributed by atoms with Crippen LogP contribution in [-0.4, -0.2) is 44.1 Å². The van der Waals surface area contributed by atoms with Gasteiger partial charge in [-0.05, 0) is 69.6 Å². The number of nitrogens with zero attached hydrogens (tertiary/aromatic N) is 2. The maximum absolute atomic E-state index is 12.3. The fourth-order valence-electron chi connectivity index (χ4n) is 3.44. The molecule has 0 bridgehead atoms. The van der Waals surface area contributed by atoms with E-state index in [2.05, 4.69) is 19.0 Å². The van der Waals surface area contributed by atoms with E-state index in [1.54, 1.807) is 0 Å². The third-order valence-corrected chi connectivity index (χ3v) is 4.61.